The molecule has 2 aromatic carbocycles. The number of nitrogens with zero attached hydrogens (tertiary/aromatic N) is 1. The van der Waals surface area contributed by atoms with Crippen LogP contribution in [0.5, 0.6) is 0 Å². The minimum atomic E-state index is -0.216. The van der Waals surface area contributed by atoms with Crippen LogP contribution in [0.4, 0.5) is 5.69 Å². The maximum Gasteiger partial charge on any atom is 0.226 e. The topological polar surface area (TPSA) is 49.4 Å². The van der Waals surface area contributed by atoms with Crippen LogP contribution in [0.1, 0.15) is 36.1 Å². The quantitative estimate of drug-likeness (QED) is 0.837. The van der Waals surface area contributed by atoms with Crippen molar-refractivity contribution in [3.8, 4) is 0 Å². The third kappa shape index (κ3) is 3.93. The van der Waals surface area contributed by atoms with Crippen LogP contribution in [-0.2, 0) is 16.0 Å². The number of benzene rings is 2. The Balaban J connectivity index is 1.81. The Hall–Kier alpha value is -2.14. The van der Waals surface area contributed by atoms with Gasteiger partial charge in [0.15, 0.2) is 0 Å². The number of nitrogens with one attached hydrogen (secondary N) is 1. The summed E-state index contributed by atoms with van der Waals surface area (Å²) in [6, 6.07) is 13.7. The molecule has 5 heteroatoms. The number of hydrogen-bond donors (Lipinski definition) is 1. The standard InChI is InChI=1S/C20H21BrN2O2/c1-13-7-8-18(17(21)11-13)22-20(25)12-19-16-6-4-3-5-15(16)9-10-23(19)14(2)24/h3-8,11,19H,9-10,12H2,1-2H3,(H,22,25). The van der Waals surface area contributed by atoms with Crippen molar-refractivity contribution in [3.05, 3.63) is 63.6 Å². The van der Waals surface area contributed by atoms with Gasteiger partial charge in [0.05, 0.1) is 18.2 Å². The molecule has 1 aliphatic rings. The number of anilines is 1. The van der Waals surface area contributed by atoms with E-state index in [1.54, 1.807) is 11.8 Å². The first-order valence-corrected chi connectivity index (χ1v) is 9.16. The lowest BCUT2D eigenvalue weighted by Gasteiger charge is -2.36. The Morgan fingerprint density at radius 2 is 2.00 bits per heavy atom. The molecule has 1 atom stereocenters. The lowest BCUT2D eigenvalue weighted by Crippen LogP contribution is -2.40. The highest BCUT2D eigenvalue weighted by atomic mass is 79.9. The van der Waals surface area contributed by atoms with Crippen LogP contribution in [0.3, 0.4) is 0 Å². The van der Waals surface area contributed by atoms with E-state index < -0.39 is 0 Å². The van der Waals surface area contributed by atoms with Crippen molar-refractivity contribution in [2.75, 3.05) is 11.9 Å². The molecule has 0 fully saturated rings. The maximum absolute atomic E-state index is 12.6. The van der Waals surface area contributed by atoms with Gasteiger partial charge in [0.25, 0.3) is 0 Å². The van der Waals surface area contributed by atoms with Gasteiger partial charge in [-0.25, -0.2) is 0 Å². The molecular formula is C20H21BrN2O2. The lowest BCUT2D eigenvalue weighted by molar-refractivity contribution is -0.132. The van der Waals surface area contributed by atoms with Gasteiger partial charge >= 0.3 is 0 Å². The molecule has 1 heterocycles. The molecule has 0 spiro atoms. The van der Waals surface area contributed by atoms with Gasteiger partial charge in [-0.15, -0.1) is 0 Å². The number of carbonyl (C=O) groups excluding carboxylic acids is 2. The Bertz CT molecular complexity index is 819. The van der Waals surface area contributed by atoms with E-state index in [0.29, 0.717) is 6.54 Å². The Morgan fingerprint density at radius 3 is 2.72 bits per heavy atom. The summed E-state index contributed by atoms with van der Waals surface area (Å²) in [4.78, 5) is 26.5. The Labute approximate surface area is 156 Å². The number of aryl methyl sites for hydroxylation is 1. The second-order valence-corrected chi connectivity index (χ2v) is 7.27. The smallest absolute Gasteiger partial charge is 0.226 e. The summed E-state index contributed by atoms with van der Waals surface area (Å²) in [6.07, 6.45) is 1.08. The monoisotopic (exact) mass is 400 g/mol. The molecule has 0 saturated carbocycles. The summed E-state index contributed by atoms with van der Waals surface area (Å²) in [5.74, 6) is -0.0960. The van der Waals surface area contributed by atoms with Crippen molar-refractivity contribution in [2.24, 2.45) is 0 Å². The van der Waals surface area contributed by atoms with Crippen molar-refractivity contribution >= 4 is 33.4 Å². The number of rotatable bonds is 3. The molecule has 0 aromatic heterocycles. The zero-order valence-corrected chi connectivity index (χ0v) is 16.0. The normalized spacial score (nSPS) is 16.3. The van der Waals surface area contributed by atoms with Crippen molar-refractivity contribution in [3.63, 3.8) is 0 Å². The zero-order chi connectivity index (χ0) is 18.0. The van der Waals surface area contributed by atoms with E-state index in [0.717, 1.165) is 27.7 Å². The Kier molecular flexibility index (Phi) is 5.23. The predicted molar refractivity (Wildman–Crippen MR) is 102 cm³/mol. The van der Waals surface area contributed by atoms with Crippen molar-refractivity contribution < 1.29 is 9.59 Å². The fourth-order valence-corrected chi connectivity index (χ4v) is 3.94. The van der Waals surface area contributed by atoms with E-state index in [9.17, 15) is 9.59 Å². The van der Waals surface area contributed by atoms with E-state index in [4.69, 9.17) is 0 Å². The van der Waals surface area contributed by atoms with E-state index in [-0.39, 0.29) is 24.3 Å². The molecule has 2 aromatic rings. The molecule has 0 saturated heterocycles. The van der Waals surface area contributed by atoms with Crippen LogP contribution >= 0.6 is 15.9 Å². The molecule has 1 aliphatic heterocycles. The number of halogens is 1. The maximum atomic E-state index is 12.6. The fraction of sp³-hybridized carbons (Fsp3) is 0.300. The van der Waals surface area contributed by atoms with Crippen molar-refractivity contribution in [2.45, 2.75) is 32.7 Å². The highest BCUT2D eigenvalue weighted by molar-refractivity contribution is 9.10. The highest BCUT2D eigenvalue weighted by Crippen LogP contribution is 2.33. The molecule has 0 bridgehead atoms. The minimum absolute atomic E-state index is 0.00354. The summed E-state index contributed by atoms with van der Waals surface area (Å²) in [6.45, 7) is 4.22. The van der Waals surface area contributed by atoms with Gasteiger partial charge in [-0.1, -0.05) is 30.3 Å². The summed E-state index contributed by atoms with van der Waals surface area (Å²) < 4.78 is 0.855. The molecule has 25 heavy (non-hydrogen) atoms. The zero-order valence-electron chi connectivity index (χ0n) is 14.4. The van der Waals surface area contributed by atoms with Gasteiger partial charge in [-0.05, 0) is 58.1 Å². The number of hydrogen-bond acceptors (Lipinski definition) is 2. The Morgan fingerprint density at radius 1 is 1.24 bits per heavy atom. The van der Waals surface area contributed by atoms with Crippen molar-refractivity contribution in [1.82, 2.24) is 4.90 Å². The first-order valence-electron chi connectivity index (χ1n) is 8.36. The van der Waals surface area contributed by atoms with E-state index in [1.165, 1.54) is 5.56 Å². The summed E-state index contributed by atoms with van der Waals surface area (Å²) in [7, 11) is 0. The lowest BCUT2D eigenvalue weighted by atomic mass is 9.90. The minimum Gasteiger partial charge on any atom is -0.335 e. The van der Waals surface area contributed by atoms with E-state index in [1.807, 2.05) is 43.3 Å². The molecule has 1 N–H and O–H groups in total. The predicted octanol–water partition coefficient (Wildman–Crippen LogP) is 4.23. The SMILES string of the molecule is CC(=O)N1CCc2ccccc2C1CC(=O)Nc1ccc(C)cc1Br. The molecule has 130 valence electrons. The summed E-state index contributed by atoms with van der Waals surface area (Å²) in [5.41, 5.74) is 4.15. The van der Waals surface area contributed by atoms with E-state index in [2.05, 4.69) is 27.3 Å². The molecular weight excluding hydrogens is 380 g/mol. The van der Waals surface area contributed by atoms with Crippen LogP contribution in [0, 0.1) is 6.92 Å². The van der Waals surface area contributed by atoms with Crippen molar-refractivity contribution in [1.29, 1.82) is 0 Å². The second kappa shape index (κ2) is 7.40. The molecule has 4 nitrogen and oxygen atoms in total. The number of amides is 2. The highest BCUT2D eigenvalue weighted by Gasteiger charge is 2.30. The fourth-order valence-electron chi connectivity index (χ4n) is 3.35. The van der Waals surface area contributed by atoms with Crippen LogP contribution in [0.15, 0.2) is 46.9 Å². The van der Waals surface area contributed by atoms with Crippen LogP contribution < -0.4 is 5.32 Å². The van der Waals surface area contributed by atoms with E-state index >= 15 is 0 Å². The average molecular weight is 401 g/mol. The summed E-state index contributed by atoms with van der Waals surface area (Å²) >= 11 is 3.48. The number of fused-ring (bicyclic) bond motifs is 1. The molecule has 1 unspecified atom stereocenters. The van der Waals surface area contributed by atoms with Gasteiger partial charge in [0.2, 0.25) is 11.8 Å². The van der Waals surface area contributed by atoms with Crippen LogP contribution in [0.25, 0.3) is 0 Å². The third-order valence-corrected chi connectivity index (χ3v) is 5.25. The largest absolute Gasteiger partial charge is 0.335 e. The summed E-state index contributed by atoms with van der Waals surface area (Å²) in [5, 5.41) is 2.95. The first-order chi connectivity index (χ1) is 12.0. The van der Waals surface area contributed by atoms with Gasteiger partial charge < -0.3 is 10.2 Å². The first kappa shape index (κ1) is 17.7. The molecule has 2 amide bonds. The van der Waals surface area contributed by atoms with Crippen LogP contribution in [-0.4, -0.2) is 23.3 Å². The number of carbonyl (C=O) groups is 2. The third-order valence-electron chi connectivity index (χ3n) is 4.59. The molecule has 0 radical (unpaired) electrons. The van der Waals surface area contributed by atoms with Gasteiger partial charge in [-0.2, -0.15) is 0 Å². The average Bonchev–Trinajstić information content (AvgIpc) is 2.57. The molecule has 3 rings (SSSR count). The van der Waals surface area contributed by atoms with Gasteiger partial charge in [-0.3, -0.25) is 9.59 Å². The van der Waals surface area contributed by atoms with Gasteiger partial charge in [0.1, 0.15) is 0 Å². The van der Waals surface area contributed by atoms with Crippen LogP contribution in [0.2, 0.25) is 0 Å². The van der Waals surface area contributed by atoms with Gasteiger partial charge in [0, 0.05) is 17.9 Å². The molecule has 0 aliphatic carbocycles. The second-order valence-electron chi connectivity index (χ2n) is 6.41.